The normalized spacial score (nSPS) is 11.7. The van der Waals surface area contributed by atoms with E-state index in [0.29, 0.717) is 25.5 Å². The summed E-state index contributed by atoms with van der Waals surface area (Å²) in [4.78, 5) is 26.0. The van der Waals surface area contributed by atoms with Crippen LogP contribution in [0, 0.1) is 0 Å². The first-order valence-electron chi connectivity index (χ1n) is 22.6. The van der Waals surface area contributed by atoms with E-state index in [1.54, 1.807) is 0 Å². The van der Waals surface area contributed by atoms with Crippen LogP contribution in [0.5, 0.6) is 0 Å². The van der Waals surface area contributed by atoms with E-state index in [4.69, 9.17) is 13.3 Å². The van der Waals surface area contributed by atoms with Gasteiger partial charge in [-0.3, -0.25) is 9.59 Å². The molecule has 0 atom stereocenters. The van der Waals surface area contributed by atoms with Crippen molar-refractivity contribution in [2.24, 2.45) is 0 Å². The molecule has 6 heteroatoms. The fourth-order valence-corrected chi connectivity index (χ4v) is 9.50. The van der Waals surface area contributed by atoms with E-state index in [9.17, 15) is 9.59 Å². The fourth-order valence-electron chi connectivity index (χ4n) is 6.97. The predicted molar refractivity (Wildman–Crippen MR) is 218 cm³/mol. The zero-order valence-electron chi connectivity index (χ0n) is 34.4. The summed E-state index contributed by atoms with van der Waals surface area (Å²) in [5, 5.41) is 0. The molecule has 0 aliphatic rings. The first kappa shape index (κ1) is 49.1. The van der Waals surface area contributed by atoms with E-state index in [1.165, 1.54) is 167 Å². The first-order chi connectivity index (χ1) is 24.5. The average molecular weight is 725 g/mol. The van der Waals surface area contributed by atoms with Crippen LogP contribution in [0.25, 0.3) is 0 Å². The number of hydrogen-bond donors (Lipinski definition) is 0. The third-order valence-corrected chi connectivity index (χ3v) is 13.0. The van der Waals surface area contributed by atoms with Crippen LogP contribution in [-0.2, 0) is 22.9 Å². The molecular formula is C44H88O5Si. The van der Waals surface area contributed by atoms with Crippen LogP contribution >= 0.6 is 0 Å². The van der Waals surface area contributed by atoms with Crippen LogP contribution in [0.4, 0.5) is 0 Å². The van der Waals surface area contributed by atoms with Gasteiger partial charge in [-0.05, 0) is 26.2 Å². The van der Waals surface area contributed by atoms with Gasteiger partial charge < -0.3 is 13.3 Å². The standard InChI is InChI=1S/C44H88O5Si/c1-5-9-12-15-17-19-21-23-25-27-29-31-33-35-37-40-43(45)48-50(47-8-4,42-39-14-11-7-3)49-44(46)41-38-36-34-32-30-28-26-24-22-20-18-16-13-10-6-2/h5-42H2,1-4H3. The molecule has 0 saturated heterocycles. The van der Waals surface area contributed by atoms with E-state index in [1.807, 2.05) is 6.92 Å². The van der Waals surface area contributed by atoms with Crippen LogP contribution in [-0.4, -0.2) is 27.3 Å². The molecule has 0 aromatic carbocycles. The minimum Gasteiger partial charge on any atom is -0.464 e. The lowest BCUT2D eigenvalue weighted by Crippen LogP contribution is -2.49. The Morgan fingerprint density at radius 2 is 0.580 bits per heavy atom. The van der Waals surface area contributed by atoms with Gasteiger partial charge >= 0.3 is 8.80 Å². The van der Waals surface area contributed by atoms with E-state index in [0.717, 1.165) is 51.4 Å². The summed E-state index contributed by atoms with van der Waals surface area (Å²) in [5.41, 5.74) is 0. The Kier molecular flexibility index (Phi) is 38.6. The molecule has 5 nitrogen and oxygen atoms in total. The number of hydrogen-bond acceptors (Lipinski definition) is 5. The molecular weight excluding hydrogens is 637 g/mol. The lowest BCUT2D eigenvalue weighted by atomic mass is 10.0. The van der Waals surface area contributed by atoms with Crippen LogP contribution < -0.4 is 0 Å². The highest BCUT2D eigenvalue weighted by Crippen LogP contribution is 2.24. The zero-order valence-corrected chi connectivity index (χ0v) is 35.4. The van der Waals surface area contributed by atoms with E-state index < -0.39 is 8.80 Å². The minimum absolute atomic E-state index is 0.255. The van der Waals surface area contributed by atoms with Crippen LogP contribution in [0.1, 0.15) is 259 Å². The second kappa shape index (κ2) is 39.3. The summed E-state index contributed by atoms with van der Waals surface area (Å²) >= 11 is 0. The van der Waals surface area contributed by atoms with Crippen LogP contribution in [0.15, 0.2) is 0 Å². The van der Waals surface area contributed by atoms with Crippen molar-refractivity contribution in [2.75, 3.05) is 6.61 Å². The third-order valence-electron chi connectivity index (χ3n) is 10.2. The minimum atomic E-state index is -3.39. The Labute approximate surface area is 314 Å². The van der Waals surface area contributed by atoms with Crippen molar-refractivity contribution in [1.29, 1.82) is 0 Å². The molecule has 298 valence electrons. The summed E-state index contributed by atoms with van der Waals surface area (Å²) in [6, 6.07) is 0.538. The maximum Gasteiger partial charge on any atom is 0.636 e. The number of rotatable bonds is 41. The van der Waals surface area contributed by atoms with Gasteiger partial charge in [0.25, 0.3) is 11.9 Å². The van der Waals surface area contributed by atoms with Crippen LogP contribution in [0.2, 0.25) is 6.04 Å². The highest BCUT2D eigenvalue weighted by Gasteiger charge is 2.48. The summed E-state index contributed by atoms with van der Waals surface area (Å²) in [7, 11) is -3.39. The Hall–Kier alpha value is -0.883. The molecule has 0 aliphatic carbocycles. The van der Waals surface area contributed by atoms with Gasteiger partial charge in [0.2, 0.25) is 0 Å². The summed E-state index contributed by atoms with van der Waals surface area (Å²) in [6.07, 6.45) is 43.8. The van der Waals surface area contributed by atoms with Gasteiger partial charge in [-0.15, -0.1) is 0 Å². The average Bonchev–Trinajstić information content (AvgIpc) is 3.10. The maximum atomic E-state index is 13.0. The lowest BCUT2D eigenvalue weighted by Gasteiger charge is -2.28. The number of carbonyl (C=O) groups excluding carboxylic acids is 2. The quantitative estimate of drug-likeness (QED) is 0.0464. The topological polar surface area (TPSA) is 61.8 Å². The third kappa shape index (κ3) is 34.2. The molecule has 0 aromatic rings. The van der Waals surface area contributed by atoms with E-state index in [2.05, 4.69) is 20.8 Å². The van der Waals surface area contributed by atoms with Gasteiger partial charge in [0.15, 0.2) is 0 Å². The van der Waals surface area contributed by atoms with Gasteiger partial charge in [-0.25, -0.2) is 0 Å². The van der Waals surface area contributed by atoms with Gasteiger partial charge in [0.1, 0.15) is 0 Å². The molecule has 0 bridgehead atoms. The molecule has 0 rings (SSSR count). The number of carbonyl (C=O) groups is 2. The van der Waals surface area contributed by atoms with Gasteiger partial charge in [0, 0.05) is 25.5 Å². The fraction of sp³-hybridized carbons (Fsp3) is 0.955. The molecule has 0 heterocycles. The summed E-state index contributed by atoms with van der Waals surface area (Å²) < 4.78 is 18.1. The van der Waals surface area contributed by atoms with Crippen molar-refractivity contribution in [1.82, 2.24) is 0 Å². The second-order valence-electron chi connectivity index (χ2n) is 15.3. The molecule has 0 fully saturated rings. The van der Waals surface area contributed by atoms with Gasteiger partial charge in [-0.1, -0.05) is 220 Å². The summed E-state index contributed by atoms with van der Waals surface area (Å²) in [6.45, 7) is 9.03. The van der Waals surface area contributed by atoms with Crippen molar-refractivity contribution >= 4 is 20.7 Å². The highest BCUT2D eigenvalue weighted by molar-refractivity contribution is 6.64. The maximum absolute atomic E-state index is 13.0. The van der Waals surface area contributed by atoms with E-state index in [-0.39, 0.29) is 11.9 Å². The first-order valence-corrected chi connectivity index (χ1v) is 24.5. The van der Waals surface area contributed by atoms with E-state index >= 15 is 0 Å². The van der Waals surface area contributed by atoms with Crippen molar-refractivity contribution in [3.05, 3.63) is 0 Å². The highest BCUT2D eigenvalue weighted by atomic mass is 28.4. The molecule has 0 radical (unpaired) electrons. The molecule has 0 saturated carbocycles. The molecule has 0 N–H and O–H groups in total. The van der Waals surface area contributed by atoms with Crippen molar-refractivity contribution in [2.45, 2.75) is 265 Å². The van der Waals surface area contributed by atoms with Crippen LogP contribution in [0.3, 0.4) is 0 Å². The smallest absolute Gasteiger partial charge is 0.464 e. The second-order valence-corrected chi connectivity index (χ2v) is 17.8. The Bertz CT molecular complexity index is 667. The summed E-state index contributed by atoms with van der Waals surface area (Å²) in [5.74, 6) is -0.509. The van der Waals surface area contributed by atoms with Crippen molar-refractivity contribution in [3.63, 3.8) is 0 Å². The Morgan fingerprint density at radius 1 is 0.340 bits per heavy atom. The lowest BCUT2D eigenvalue weighted by molar-refractivity contribution is -0.146. The largest absolute Gasteiger partial charge is 0.636 e. The Morgan fingerprint density at radius 3 is 0.840 bits per heavy atom. The predicted octanol–water partition coefficient (Wildman–Crippen LogP) is 15.2. The molecule has 0 aromatic heterocycles. The van der Waals surface area contributed by atoms with Gasteiger partial charge in [-0.2, -0.15) is 0 Å². The van der Waals surface area contributed by atoms with Crippen molar-refractivity contribution in [3.8, 4) is 0 Å². The monoisotopic (exact) mass is 725 g/mol. The SMILES string of the molecule is CCCCCCCCCCCCCCCCCC(=O)O[Si](CCCCCC)(OCC)OC(=O)CCCCCCCCCCCCCCCCC. The Balaban J connectivity index is 4.23. The molecule has 0 spiro atoms. The molecule has 50 heavy (non-hydrogen) atoms. The van der Waals surface area contributed by atoms with Crippen molar-refractivity contribution < 1.29 is 22.9 Å². The molecule has 0 aliphatic heterocycles. The molecule has 0 unspecified atom stereocenters. The van der Waals surface area contributed by atoms with Gasteiger partial charge in [0.05, 0.1) is 0 Å². The zero-order chi connectivity index (χ0) is 36.6. The number of unbranched alkanes of at least 4 members (excludes halogenated alkanes) is 31. The molecule has 0 amide bonds.